The molecule has 0 aliphatic carbocycles. The molecule has 0 saturated carbocycles. The smallest absolute Gasteiger partial charge is 0.438 e. The molecule has 0 saturated heterocycles. The van der Waals surface area contributed by atoms with Crippen molar-refractivity contribution in [2.45, 2.75) is 17.7 Å². The summed E-state index contributed by atoms with van der Waals surface area (Å²) < 4.78 is 87.3. The van der Waals surface area contributed by atoms with Gasteiger partial charge in [-0.05, 0) is 30.3 Å². The van der Waals surface area contributed by atoms with Crippen LogP contribution in [0.2, 0.25) is 0 Å². The molecule has 2 aromatic carbocycles. The van der Waals surface area contributed by atoms with Crippen LogP contribution >= 0.6 is 0 Å². The fraction of sp³-hybridized carbons (Fsp3) is 0.250. The number of alkyl halides is 3. The molecule has 0 spiro atoms. The number of benzene rings is 2. The summed E-state index contributed by atoms with van der Waals surface area (Å²) in [6.07, 6.45) is -4.82. The molecule has 1 aromatic heterocycles. The SMILES string of the molecule is COc1cc2c(c(OC)c1OC)-c1c(c(C(F)(F)F)nn1-c1ccc(S(N)(=O)=O)cc1)OC2. The second-order valence-electron chi connectivity index (χ2n) is 6.94. The first-order chi connectivity index (χ1) is 15.5. The maximum Gasteiger partial charge on any atom is 0.438 e. The summed E-state index contributed by atoms with van der Waals surface area (Å²) in [4.78, 5) is -0.205. The number of hydrogen-bond donors (Lipinski definition) is 1. The van der Waals surface area contributed by atoms with Gasteiger partial charge in [0.2, 0.25) is 21.5 Å². The van der Waals surface area contributed by atoms with Crippen LogP contribution in [0.5, 0.6) is 23.0 Å². The molecule has 0 radical (unpaired) electrons. The summed E-state index contributed by atoms with van der Waals surface area (Å²) >= 11 is 0. The number of sulfonamides is 1. The second-order valence-corrected chi connectivity index (χ2v) is 8.50. The number of rotatable bonds is 5. The van der Waals surface area contributed by atoms with E-state index in [0.29, 0.717) is 11.3 Å². The maximum atomic E-state index is 13.8. The summed E-state index contributed by atoms with van der Waals surface area (Å²) in [5, 5.41) is 8.87. The Balaban J connectivity index is 2.06. The van der Waals surface area contributed by atoms with E-state index in [2.05, 4.69) is 5.10 Å². The molecule has 0 amide bonds. The number of ether oxygens (including phenoxy) is 4. The molecular formula is C20H18F3N3O6S. The predicted octanol–water partition coefficient (Wildman–Crippen LogP) is 3.12. The third-order valence-corrected chi connectivity index (χ3v) is 5.97. The average Bonchev–Trinajstić information content (AvgIpc) is 3.17. The van der Waals surface area contributed by atoms with Gasteiger partial charge in [0.05, 0.1) is 37.5 Å². The lowest BCUT2D eigenvalue weighted by Crippen LogP contribution is -2.13. The third-order valence-electron chi connectivity index (χ3n) is 5.04. The van der Waals surface area contributed by atoms with Crippen LogP contribution in [0.15, 0.2) is 35.2 Å². The Labute approximate surface area is 186 Å². The highest BCUT2D eigenvalue weighted by Crippen LogP contribution is 2.54. The van der Waals surface area contributed by atoms with Crippen molar-refractivity contribution in [1.82, 2.24) is 9.78 Å². The molecule has 0 bridgehead atoms. The van der Waals surface area contributed by atoms with Gasteiger partial charge in [0.15, 0.2) is 17.2 Å². The van der Waals surface area contributed by atoms with Crippen molar-refractivity contribution in [3.8, 4) is 39.9 Å². The Morgan fingerprint density at radius 1 is 1.06 bits per heavy atom. The summed E-state index contributed by atoms with van der Waals surface area (Å²) in [5.41, 5.74) is -0.384. The lowest BCUT2D eigenvalue weighted by molar-refractivity contribution is -0.142. The van der Waals surface area contributed by atoms with Gasteiger partial charge in [0, 0.05) is 5.56 Å². The maximum absolute atomic E-state index is 13.8. The van der Waals surface area contributed by atoms with E-state index in [-0.39, 0.29) is 39.9 Å². The number of hydrogen-bond acceptors (Lipinski definition) is 7. The van der Waals surface area contributed by atoms with Crippen LogP contribution in [-0.2, 0) is 22.8 Å². The fourth-order valence-corrected chi connectivity index (χ4v) is 4.15. The quantitative estimate of drug-likeness (QED) is 0.591. The zero-order valence-electron chi connectivity index (χ0n) is 17.6. The summed E-state index contributed by atoms with van der Waals surface area (Å²) in [7, 11) is 0.135. The van der Waals surface area contributed by atoms with Gasteiger partial charge in [-0.1, -0.05) is 0 Å². The Hall–Kier alpha value is -3.45. The number of methoxy groups -OCH3 is 3. The highest BCUT2D eigenvalue weighted by molar-refractivity contribution is 7.89. The van der Waals surface area contributed by atoms with Crippen molar-refractivity contribution in [1.29, 1.82) is 0 Å². The van der Waals surface area contributed by atoms with E-state index in [4.69, 9.17) is 24.1 Å². The zero-order valence-corrected chi connectivity index (χ0v) is 18.4. The summed E-state index contributed by atoms with van der Waals surface area (Å²) in [5.74, 6) is 0.126. The monoisotopic (exact) mass is 485 g/mol. The lowest BCUT2D eigenvalue weighted by Gasteiger charge is -2.24. The van der Waals surface area contributed by atoms with Crippen LogP contribution in [0.1, 0.15) is 11.3 Å². The van der Waals surface area contributed by atoms with Crippen molar-refractivity contribution in [3.63, 3.8) is 0 Å². The summed E-state index contributed by atoms with van der Waals surface area (Å²) in [6.45, 7) is -0.196. The minimum Gasteiger partial charge on any atom is -0.493 e. The van der Waals surface area contributed by atoms with Gasteiger partial charge < -0.3 is 18.9 Å². The van der Waals surface area contributed by atoms with Crippen LogP contribution in [0.4, 0.5) is 13.2 Å². The first-order valence-electron chi connectivity index (χ1n) is 9.29. The van der Waals surface area contributed by atoms with E-state index in [1.165, 1.54) is 45.6 Å². The van der Waals surface area contributed by atoms with Crippen molar-refractivity contribution in [2.75, 3.05) is 21.3 Å². The minimum atomic E-state index is -4.82. The molecule has 0 fully saturated rings. The average molecular weight is 485 g/mol. The molecule has 9 nitrogen and oxygen atoms in total. The van der Waals surface area contributed by atoms with Gasteiger partial charge in [0.1, 0.15) is 12.3 Å². The van der Waals surface area contributed by atoms with E-state index in [0.717, 1.165) is 4.68 Å². The highest BCUT2D eigenvalue weighted by Gasteiger charge is 2.44. The molecule has 13 heteroatoms. The van der Waals surface area contributed by atoms with Gasteiger partial charge in [0.25, 0.3) is 0 Å². The Morgan fingerprint density at radius 3 is 2.21 bits per heavy atom. The largest absolute Gasteiger partial charge is 0.493 e. The predicted molar refractivity (Wildman–Crippen MR) is 109 cm³/mol. The number of primary sulfonamides is 1. The Bertz CT molecular complexity index is 1330. The number of nitrogens with zero attached hydrogens (tertiary/aromatic N) is 2. The standard InChI is InChI=1S/C20H18F3N3O6S/c1-29-13-8-10-9-32-18-15(14(10)17(31-3)16(13)30-2)26(25-19(18)20(21,22)23)11-4-6-12(7-5-11)33(24,27)28/h4-8H,9H2,1-3H3,(H2,24,27,28). The third kappa shape index (κ3) is 3.72. The van der Waals surface area contributed by atoms with Crippen LogP contribution in [-0.4, -0.2) is 39.5 Å². The molecule has 0 unspecified atom stereocenters. The van der Waals surface area contributed by atoms with Crippen molar-refractivity contribution >= 4 is 10.0 Å². The normalized spacial score (nSPS) is 13.1. The fourth-order valence-electron chi connectivity index (χ4n) is 3.64. The molecule has 176 valence electrons. The van der Waals surface area contributed by atoms with E-state index < -0.39 is 27.6 Å². The molecule has 3 aromatic rings. The lowest BCUT2D eigenvalue weighted by atomic mass is 9.98. The van der Waals surface area contributed by atoms with Crippen LogP contribution < -0.4 is 24.1 Å². The number of fused-ring (bicyclic) bond motifs is 3. The molecule has 33 heavy (non-hydrogen) atoms. The first-order valence-corrected chi connectivity index (χ1v) is 10.8. The minimum absolute atomic E-state index is 0.0373. The van der Waals surface area contributed by atoms with Crippen LogP contribution in [0.25, 0.3) is 16.9 Å². The molecule has 1 aliphatic rings. The van der Waals surface area contributed by atoms with E-state index in [9.17, 15) is 21.6 Å². The first kappa shape index (κ1) is 22.7. The van der Waals surface area contributed by atoms with Gasteiger partial charge in [-0.3, -0.25) is 0 Å². The second kappa shape index (κ2) is 7.85. The van der Waals surface area contributed by atoms with Gasteiger partial charge in [-0.15, -0.1) is 0 Å². The molecule has 2 heterocycles. The van der Waals surface area contributed by atoms with Gasteiger partial charge >= 0.3 is 6.18 Å². The van der Waals surface area contributed by atoms with Gasteiger partial charge in [-0.2, -0.15) is 18.3 Å². The van der Waals surface area contributed by atoms with E-state index in [1.54, 1.807) is 6.07 Å². The zero-order chi connectivity index (χ0) is 24.1. The Morgan fingerprint density at radius 2 is 1.70 bits per heavy atom. The molecule has 0 atom stereocenters. The Kier molecular flexibility index (Phi) is 5.41. The summed E-state index contributed by atoms with van der Waals surface area (Å²) in [6, 6.07) is 6.49. The topological polar surface area (TPSA) is 115 Å². The van der Waals surface area contributed by atoms with Crippen molar-refractivity contribution < 1.29 is 40.5 Å². The molecule has 1 aliphatic heterocycles. The highest BCUT2D eigenvalue weighted by atomic mass is 32.2. The van der Waals surface area contributed by atoms with Gasteiger partial charge in [-0.25, -0.2) is 18.2 Å². The molecule has 4 rings (SSSR count). The van der Waals surface area contributed by atoms with Crippen LogP contribution in [0.3, 0.4) is 0 Å². The number of aromatic nitrogens is 2. The molecule has 2 N–H and O–H groups in total. The van der Waals surface area contributed by atoms with E-state index >= 15 is 0 Å². The number of halogens is 3. The van der Waals surface area contributed by atoms with Crippen molar-refractivity contribution in [3.05, 3.63) is 41.6 Å². The molecular weight excluding hydrogens is 467 g/mol. The van der Waals surface area contributed by atoms with Crippen molar-refractivity contribution in [2.24, 2.45) is 5.14 Å². The van der Waals surface area contributed by atoms with Crippen LogP contribution in [0, 0.1) is 0 Å². The van der Waals surface area contributed by atoms with E-state index in [1.807, 2.05) is 0 Å². The number of nitrogens with two attached hydrogens (primary N) is 1.